The lowest BCUT2D eigenvalue weighted by atomic mass is 9.76. The molecule has 0 aromatic heterocycles. The minimum absolute atomic E-state index is 0.786. The molecule has 0 spiro atoms. The van der Waals surface area contributed by atoms with Gasteiger partial charge in [-0.2, -0.15) is 0 Å². The summed E-state index contributed by atoms with van der Waals surface area (Å²) in [5.74, 6) is 1.80. The van der Waals surface area contributed by atoms with Gasteiger partial charge < -0.3 is 10.6 Å². The molecule has 0 aromatic carbocycles. The van der Waals surface area contributed by atoms with Gasteiger partial charge in [0.2, 0.25) is 0 Å². The molecule has 0 amide bonds. The topological polar surface area (TPSA) is 29.3 Å². The van der Waals surface area contributed by atoms with Crippen LogP contribution in [0.25, 0.3) is 0 Å². The van der Waals surface area contributed by atoms with E-state index in [0.717, 1.165) is 30.5 Å². The summed E-state index contributed by atoms with van der Waals surface area (Å²) < 4.78 is 0. The molecule has 2 heteroatoms. The monoisotopic (exact) mass is 224 g/mol. The van der Waals surface area contributed by atoms with Gasteiger partial charge in [-0.3, -0.25) is 0 Å². The van der Waals surface area contributed by atoms with Gasteiger partial charge >= 0.3 is 0 Å². The van der Waals surface area contributed by atoms with E-state index in [9.17, 15) is 0 Å². The van der Waals surface area contributed by atoms with Crippen molar-refractivity contribution in [2.45, 2.75) is 64.0 Å². The maximum atomic E-state index is 5.81. The highest BCUT2D eigenvalue weighted by molar-refractivity contribution is 4.91. The Morgan fingerprint density at radius 1 is 1.06 bits per heavy atom. The number of nitrogens with two attached hydrogens (primary N) is 1. The molecule has 2 aliphatic rings. The first-order valence-corrected chi connectivity index (χ1v) is 7.18. The largest absolute Gasteiger partial charge is 0.330 e. The van der Waals surface area contributed by atoms with Gasteiger partial charge in [0.05, 0.1) is 0 Å². The zero-order chi connectivity index (χ0) is 11.5. The number of rotatable bonds is 4. The molecular formula is C14H28N2. The molecule has 0 aromatic rings. The SMILES string of the molecule is CCC1CCC(N(C)C2CCC2CN)CC1. The second kappa shape index (κ2) is 5.50. The normalized spacial score (nSPS) is 39.8. The van der Waals surface area contributed by atoms with Crippen molar-refractivity contribution < 1.29 is 0 Å². The van der Waals surface area contributed by atoms with E-state index in [0.29, 0.717) is 0 Å². The van der Waals surface area contributed by atoms with E-state index in [-0.39, 0.29) is 0 Å². The predicted molar refractivity (Wildman–Crippen MR) is 69.4 cm³/mol. The van der Waals surface area contributed by atoms with Crippen LogP contribution < -0.4 is 5.73 Å². The Balaban J connectivity index is 1.80. The zero-order valence-corrected chi connectivity index (χ0v) is 11.0. The van der Waals surface area contributed by atoms with E-state index in [2.05, 4.69) is 18.9 Å². The Kier molecular flexibility index (Phi) is 4.26. The third-order valence-corrected chi connectivity index (χ3v) is 5.17. The summed E-state index contributed by atoms with van der Waals surface area (Å²) in [4.78, 5) is 2.66. The highest BCUT2D eigenvalue weighted by Crippen LogP contribution is 2.36. The van der Waals surface area contributed by atoms with E-state index >= 15 is 0 Å². The molecule has 0 aliphatic heterocycles. The lowest BCUT2D eigenvalue weighted by Gasteiger charge is -2.47. The molecule has 0 saturated heterocycles. The van der Waals surface area contributed by atoms with Gasteiger partial charge in [-0.25, -0.2) is 0 Å². The first-order valence-electron chi connectivity index (χ1n) is 7.18. The molecule has 2 rings (SSSR count). The molecule has 2 atom stereocenters. The Bertz CT molecular complexity index is 207. The van der Waals surface area contributed by atoms with Crippen LogP contribution in [0.3, 0.4) is 0 Å². The van der Waals surface area contributed by atoms with Crippen LogP contribution in [0.4, 0.5) is 0 Å². The van der Waals surface area contributed by atoms with Crippen molar-refractivity contribution in [2.24, 2.45) is 17.6 Å². The maximum Gasteiger partial charge on any atom is 0.0136 e. The minimum Gasteiger partial charge on any atom is -0.330 e. The van der Waals surface area contributed by atoms with Crippen LogP contribution in [0.5, 0.6) is 0 Å². The third kappa shape index (κ3) is 2.43. The molecular weight excluding hydrogens is 196 g/mol. The van der Waals surface area contributed by atoms with Crippen molar-refractivity contribution in [2.75, 3.05) is 13.6 Å². The summed E-state index contributed by atoms with van der Waals surface area (Å²) in [5, 5.41) is 0. The molecule has 2 fully saturated rings. The standard InChI is InChI=1S/C14H28N2/c1-3-11-4-7-13(8-5-11)16(2)14-9-6-12(14)10-15/h11-14H,3-10,15H2,1-2H3. The van der Waals surface area contributed by atoms with E-state index in [1.807, 2.05) is 0 Å². The Morgan fingerprint density at radius 2 is 1.75 bits per heavy atom. The number of nitrogens with zero attached hydrogens (tertiary/aromatic N) is 1. The van der Waals surface area contributed by atoms with Gasteiger partial charge in [-0.1, -0.05) is 13.3 Å². The summed E-state index contributed by atoms with van der Waals surface area (Å²) >= 11 is 0. The fourth-order valence-corrected chi connectivity index (χ4v) is 3.59. The molecule has 2 aliphatic carbocycles. The molecule has 2 nitrogen and oxygen atoms in total. The first kappa shape index (κ1) is 12.4. The highest BCUT2D eigenvalue weighted by atomic mass is 15.2. The average Bonchev–Trinajstić information content (AvgIpc) is 2.28. The van der Waals surface area contributed by atoms with Crippen molar-refractivity contribution in [1.29, 1.82) is 0 Å². The van der Waals surface area contributed by atoms with Crippen LogP contribution in [-0.2, 0) is 0 Å². The average molecular weight is 224 g/mol. The lowest BCUT2D eigenvalue weighted by Crippen LogP contribution is -2.52. The van der Waals surface area contributed by atoms with Crippen LogP contribution in [-0.4, -0.2) is 30.6 Å². The van der Waals surface area contributed by atoms with Gasteiger partial charge in [-0.15, -0.1) is 0 Å². The van der Waals surface area contributed by atoms with Gasteiger partial charge in [0, 0.05) is 12.1 Å². The molecule has 2 N–H and O–H groups in total. The zero-order valence-electron chi connectivity index (χ0n) is 11.0. The van der Waals surface area contributed by atoms with Crippen molar-refractivity contribution in [3.63, 3.8) is 0 Å². The van der Waals surface area contributed by atoms with E-state index < -0.39 is 0 Å². The van der Waals surface area contributed by atoms with Gasteiger partial charge in [0.25, 0.3) is 0 Å². The Labute approximate surface area is 101 Å². The summed E-state index contributed by atoms with van der Waals surface area (Å²) in [6.45, 7) is 3.23. The Morgan fingerprint density at radius 3 is 2.19 bits per heavy atom. The smallest absolute Gasteiger partial charge is 0.0136 e. The summed E-state index contributed by atoms with van der Waals surface area (Å²) in [5.41, 5.74) is 5.81. The molecule has 2 saturated carbocycles. The van der Waals surface area contributed by atoms with E-state index in [1.54, 1.807) is 0 Å². The maximum absolute atomic E-state index is 5.81. The van der Waals surface area contributed by atoms with E-state index in [1.165, 1.54) is 44.9 Å². The molecule has 2 unspecified atom stereocenters. The minimum atomic E-state index is 0.786. The first-order chi connectivity index (χ1) is 7.76. The molecule has 0 heterocycles. The van der Waals surface area contributed by atoms with Crippen molar-refractivity contribution in [3.8, 4) is 0 Å². The van der Waals surface area contributed by atoms with Gasteiger partial charge in [-0.05, 0) is 64.0 Å². The summed E-state index contributed by atoms with van der Waals surface area (Å²) in [6.07, 6.45) is 9.86. The quantitative estimate of drug-likeness (QED) is 0.795. The van der Waals surface area contributed by atoms with Gasteiger partial charge in [0.15, 0.2) is 0 Å². The lowest BCUT2D eigenvalue weighted by molar-refractivity contribution is 0.0334. The van der Waals surface area contributed by atoms with Crippen LogP contribution in [0.2, 0.25) is 0 Å². The van der Waals surface area contributed by atoms with Crippen LogP contribution >= 0.6 is 0 Å². The van der Waals surface area contributed by atoms with Crippen molar-refractivity contribution in [3.05, 3.63) is 0 Å². The van der Waals surface area contributed by atoms with Gasteiger partial charge in [0.1, 0.15) is 0 Å². The predicted octanol–water partition coefficient (Wildman–Crippen LogP) is 2.62. The second-order valence-corrected chi connectivity index (χ2v) is 5.89. The highest BCUT2D eigenvalue weighted by Gasteiger charge is 2.36. The summed E-state index contributed by atoms with van der Waals surface area (Å²) in [7, 11) is 2.34. The molecule has 94 valence electrons. The number of hydrogen-bond donors (Lipinski definition) is 1. The van der Waals surface area contributed by atoms with Crippen molar-refractivity contribution in [1.82, 2.24) is 4.90 Å². The fraction of sp³-hybridized carbons (Fsp3) is 1.00. The molecule has 0 bridgehead atoms. The fourth-order valence-electron chi connectivity index (χ4n) is 3.59. The molecule has 16 heavy (non-hydrogen) atoms. The molecule has 0 radical (unpaired) electrons. The Hall–Kier alpha value is -0.0800. The number of hydrogen-bond acceptors (Lipinski definition) is 2. The van der Waals surface area contributed by atoms with Crippen LogP contribution in [0.1, 0.15) is 51.9 Å². The van der Waals surface area contributed by atoms with E-state index in [4.69, 9.17) is 5.73 Å². The van der Waals surface area contributed by atoms with Crippen molar-refractivity contribution >= 4 is 0 Å². The van der Waals surface area contributed by atoms with Crippen LogP contribution in [0, 0.1) is 11.8 Å². The second-order valence-electron chi connectivity index (χ2n) is 5.89. The van der Waals surface area contributed by atoms with Crippen LogP contribution in [0.15, 0.2) is 0 Å². The summed E-state index contributed by atoms with van der Waals surface area (Å²) in [6, 6.07) is 1.65. The third-order valence-electron chi connectivity index (χ3n) is 5.17.